The molecule has 0 saturated heterocycles. The van der Waals surface area contributed by atoms with Gasteiger partial charge in [-0.3, -0.25) is 9.52 Å². The van der Waals surface area contributed by atoms with Crippen LogP contribution in [0.15, 0.2) is 18.2 Å². The number of hydrogen-bond donors (Lipinski definition) is 2. The highest BCUT2D eigenvalue weighted by atomic mass is 32.2. The number of anilines is 1. The SMILES string of the molecule is CN(CC(=O)O)S(=O)(=O)Nc1ccc2c(c1)OCO2. The number of rotatable bonds is 5. The topological polar surface area (TPSA) is 105 Å². The van der Waals surface area contributed by atoms with E-state index in [1.165, 1.54) is 19.2 Å². The molecule has 1 heterocycles. The molecule has 19 heavy (non-hydrogen) atoms. The van der Waals surface area contributed by atoms with Gasteiger partial charge in [0, 0.05) is 13.1 Å². The Labute approximate surface area is 109 Å². The molecule has 8 nitrogen and oxygen atoms in total. The average molecular weight is 288 g/mol. The molecule has 0 saturated carbocycles. The Morgan fingerprint density at radius 2 is 2.11 bits per heavy atom. The number of carboxylic acid groups (broad SMARTS) is 1. The first kappa shape index (κ1) is 13.4. The Hall–Kier alpha value is -2.00. The van der Waals surface area contributed by atoms with Crippen LogP contribution in [0.1, 0.15) is 0 Å². The monoisotopic (exact) mass is 288 g/mol. The van der Waals surface area contributed by atoms with Gasteiger partial charge in [0.2, 0.25) is 6.79 Å². The zero-order chi connectivity index (χ0) is 14.0. The fraction of sp³-hybridized carbons (Fsp3) is 0.300. The number of aliphatic carboxylic acids is 1. The number of nitrogens with one attached hydrogen (secondary N) is 1. The summed E-state index contributed by atoms with van der Waals surface area (Å²) in [5, 5.41) is 8.57. The van der Waals surface area contributed by atoms with E-state index in [1.807, 2.05) is 0 Å². The van der Waals surface area contributed by atoms with E-state index in [1.54, 1.807) is 6.07 Å². The minimum Gasteiger partial charge on any atom is -0.480 e. The minimum atomic E-state index is -3.92. The van der Waals surface area contributed by atoms with Gasteiger partial charge in [0.1, 0.15) is 6.54 Å². The molecule has 104 valence electrons. The summed E-state index contributed by atoms with van der Waals surface area (Å²) in [5.41, 5.74) is 0.265. The average Bonchev–Trinajstić information content (AvgIpc) is 2.74. The molecule has 0 atom stereocenters. The fourth-order valence-electron chi connectivity index (χ4n) is 1.46. The third kappa shape index (κ3) is 3.06. The lowest BCUT2D eigenvalue weighted by Crippen LogP contribution is -2.36. The van der Waals surface area contributed by atoms with Gasteiger partial charge in [-0.2, -0.15) is 12.7 Å². The molecule has 2 N–H and O–H groups in total. The fourth-order valence-corrected chi connectivity index (χ4v) is 2.32. The van der Waals surface area contributed by atoms with Gasteiger partial charge in [-0.1, -0.05) is 0 Å². The van der Waals surface area contributed by atoms with Gasteiger partial charge in [0.15, 0.2) is 11.5 Å². The highest BCUT2D eigenvalue weighted by Gasteiger charge is 2.21. The van der Waals surface area contributed by atoms with Crippen molar-refractivity contribution in [3.05, 3.63) is 18.2 Å². The third-order valence-electron chi connectivity index (χ3n) is 2.39. The third-order valence-corrected chi connectivity index (χ3v) is 3.83. The number of carboxylic acids is 1. The highest BCUT2D eigenvalue weighted by molar-refractivity contribution is 7.90. The van der Waals surface area contributed by atoms with Crippen molar-refractivity contribution in [1.82, 2.24) is 4.31 Å². The Bertz CT molecular complexity index is 600. The first-order chi connectivity index (χ1) is 8.88. The molecular formula is C10H12N2O6S. The Morgan fingerprint density at radius 1 is 1.42 bits per heavy atom. The second-order valence-corrected chi connectivity index (χ2v) is 5.60. The van der Waals surface area contributed by atoms with E-state index in [0.29, 0.717) is 15.8 Å². The second kappa shape index (κ2) is 4.94. The molecule has 0 aliphatic carbocycles. The maximum absolute atomic E-state index is 11.8. The van der Waals surface area contributed by atoms with E-state index in [0.717, 1.165) is 0 Å². The predicted molar refractivity (Wildman–Crippen MR) is 65.4 cm³/mol. The van der Waals surface area contributed by atoms with Gasteiger partial charge in [-0.15, -0.1) is 0 Å². The van der Waals surface area contributed by atoms with Crippen LogP contribution in [0.3, 0.4) is 0 Å². The van der Waals surface area contributed by atoms with Gasteiger partial charge in [-0.05, 0) is 12.1 Å². The number of ether oxygens (including phenoxy) is 2. The lowest BCUT2D eigenvalue weighted by atomic mass is 10.3. The number of likely N-dealkylation sites (N-methyl/N-ethyl adjacent to an activating group) is 1. The second-order valence-electron chi connectivity index (χ2n) is 3.82. The lowest BCUT2D eigenvalue weighted by molar-refractivity contribution is -0.137. The molecule has 9 heteroatoms. The molecule has 0 spiro atoms. The molecule has 0 amide bonds. The van der Waals surface area contributed by atoms with Crippen LogP contribution < -0.4 is 14.2 Å². The Kier molecular flexibility index (Phi) is 3.49. The summed E-state index contributed by atoms with van der Waals surface area (Å²) in [4.78, 5) is 10.5. The van der Waals surface area contributed by atoms with Crippen LogP contribution in [0.5, 0.6) is 11.5 Å². The zero-order valence-electron chi connectivity index (χ0n) is 9.99. The first-order valence-corrected chi connectivity index (χ1v) is 6.68. The lowest BCUT2D eigenvalue weighted by Gasteiger charge is -2.16. The smallest absolute Gasteiger partial charge is 0.318 e. The summed E-state index contributed by atoms with van der Waals surface area (Å²) in [6, 6.07) is 4.53. The summed E-state index contributed by atoms with van der Waals surface area (Å²) in [7, 11) is -2.75. The zero-order valence-corrected chi connectivity index (χ0v) is 10.8. The largest absolute Gasteiger partial charge is 0.480 e. The molecule has 2 rings (SSSR count). The van der Waals surface area contributed by atoms with Crippen molar-refractivity contribution < 1.29 is 27.8 Å². The van der Waals surface area contributed by atoms with Gasteiger partial charge >= 0.3 is 16.2 Å². The Balaban J connectivity index is 2.14. The molecule has 0 bridgehead atoms. The van der Waals surface area contributed by atoms with Crippen molar-refractivity contribution in [1.29, 1.82) is 0 Å². The normalized spacial score (nSPS) is 13.6. The summed E-state index contributed by atoms with van der Waals surface area (Å²) < 4.78 is 36.8. The van der Waals surface area contributed by atoms with Crippen molar-refractivity contribution in [2.45, 2.75) is 0 Å². The van der Waals surface area contributed by atoms with Gasteiger partial charge in [0.25, 0.3) is 0 Å². The molecule has 0 unspecified atom stereocenters. The molecule has 1 aliphatic heterocycles. The highest BCUT2D eigenvalue weighted by Crippen LogP contribution is 2.34. The molecule has 0 radical (unpaired) electrons. The number of carbonyl (C=O) groups is 1. The van der Waals surface area contributed by atoms with Crippen LogP contribution in [-0.2, 0) is 15.0 Å². The molecular weight excluding hydrogens is 276 g/mol. The van der Waals surface area contributed by atoms with Crippen LogP contribution in [0.4, 0.5) is 5.69 Å². The van der Waals surface area contributed by atoms with E-state index in [-0.39, 0.29) is 12.5 Å². The molecule has 0 aromatic heterocycles. The number of benzene rings is 1. The molecule has 0 fully saturated rings. The number of fused-ring (bicyclic) bond motifs is 1. The van der Waals surface area contributed by atoms with E-state index in [4.69, 9.17) is 14.6 Å². The van der Waals surface area contributed by atoms with Crippen molar-refractivity contribution in [2.24, 2.45) is 0 Å². The van der Waals surface area contributed by atoms with Gasteiger partial charge < -0.3 is 14.6 Å². The van der Waals surface area contributed by atoms with E-state index in [2.05, 4.69) is 4.72 Å². The standard InChI is InChI=1S/C10H12N2O6S/c1-12(5-10(13)14)19(15,16)11-7-2-3-8-9(4-7)18-6-17-8/h2-4,11H,5-6H2,1H3,(H,13,14). The van der Waals surface area contributed by atoms with Crippen LogP contribution in [0.25, 0.3) is 0 Å². The van der Waals surface area contributed by atoms with Crippen molar-refractivity contribution in [2.75, 3.05) is 25.1 Å². The van der Waals surface area contributed by atoms with Crippen LogP contribution in [-0.4, -0.2) is 44.2 Å². The van der Waals surface area contributed by atoms with Crippen LogP contribution >= 0.6 is 0 Å². The first-order valence-electron chi connectivity index (χ1n) is 5.24. The number of hydrogen-bond acceptors (Lipinski definition) is 5. The maximum Gasteiger partial charge on any atom is 0.318 e. The quantitative estimate of drug-likeness (QED) is 0.795. The Morgan fingerprint density at radius 3 is 2.79 bits per heavy atom. The minimum absolute atomic E-state index is 0.0878. The van der Waals surface area contributed by atoms with Crippen LogP contribution in [0.2, 0.25) is 0 Å². The van der Waals surface area contributed by atoms with Crippen LogP contribution in [0, 0.1) is 0 Å². The molecule has 1 aromatic rings. The van der Waals surface area contributed by atoms with Gasteiger partial charge in [0.05, 0.1) is 5.69 Å². The summed E-state index contributed by atoms with van der Waals surface area (Å²) in [6.45, 7) is -0.537. The summed E-state index contributed by atoms with van der Waals surface area (Å²) in [5.74, 6) is -0.276. The van der Waals surface area contributed by atoms with E-state index in [9.17, 15) is 13.2 Å². The van der Waals surface area contributed by atoms with E-state index >= 15 is 0 Å². The van der Waals surface area contributed by atoms with E-state index < -0.39 is 22.7 Å². The van der Waals surface area contributed by atoms with Crippen molar-refractivity contribution >= 4 is 21.9 Å². The summed E-state index contributed by atoms with van der Waals surface area (Å²) >= 11 is 0. The number of nitrogens with zero attached hydrogens (tertiary/aromatic N) is 1. The van der Waals surface area contributed by atoms with Gasteiger partial charge in [-0.25, -0.2) is 0 Å². The predicted octanol–water partition coefficient (Wildman–Crippen LogP) is 0.0884. The summed E-state index contributed by atoms with van der Waals surface area (Å²) in [6.07, 6.45) is 0. The maximum atomic E-state index is 11.8. The van der Waals surface area contributed by atoms with Crippen molar-refractivity contribution in [3.63, 3.8) is 0 Å². The molecule has 1 aromatic carbocycles. The molecule has 1 aliphatic rings. The van der Waals surface area contributed by atoms with Crippen molar-refractivity contribution in [3.8, 4) is 11.5 Å².